The molecule has 0 amide bonds. The van der Waals surface area contributed by atoms with Gasteiger partial charge in [0.05, 0.1) is 0 Å². The molecule has 1 aromatic heterocycles. The summed E-state index contributed by atoms with van der Waals surface area (Å²) in [6, 6.07) is 6.63. The standard InChI is InChI=1S/C12H13ClS/c1-3-9-4-5-10-6-8(2)14-12(10)11(9)7-13/h4-6H,3,7H2,1-2H3. The van der Waals surface area contributed by atoms with Gasteiger partial charge in [0, 0.05) is 15.5 Å². The zero-order valence-corrected chi connectivity index (χ0v) is 10.0. The van der Waals surface area contributed by atoms with Gasteiger partial charge in [-0.05, 0) is 35.9 Å². The number of fused-ring (bicyclic) bond motifs is 1. The van der Waals surface area contributed by atoms with E-state index in [2.05, 4.69) is 32.0 Å². The highest BCUT2D eigenvalue weighted by atomic mass is 35.5. The zero-order chi connectivity index (χ0) is 10.1. The van der Waals surface area contributed by atoms with Crippen molar-refractivity contribution in [2.45, 2.75) is 26.1 Å². The summed E-state index contributed by atoms with van der Waals surface area (Å²) in [5, 5.41) is 1.33. The van der Waals surface area contributed by atoms with Gasteiger partial charge in [-0.3, -0.25) is 0 Å². The maximum atomic E-state index is 6.01. The lowest BCUT2D eigenvalue weighted by atomic mass is 10.0. The van der Waals surface area contributed by atoms with Gasteiger partial charge in [0.25, 0.3) is 0 Å². The van der Waals surface area contributed by atoms with Crippen molar-refractivity contribution in [3.63, 3.8) is 0 Å². The third-order valence-corrected chi connectivity index (χ3v) is 3.92. The van der Waals surface area contributed by atoms with Crippen molar-refractivity contribution in [3.8, 4) is 0 Å². The second-order valence-electron chi connectivity index (χ2n) is 3.47. The molecule has 0 bridgehead atoms. The summed E-state index contributed by atoms with van der Waals surface area (Å²) in [7, 11) is 0. The van der Waals surface area contributed by atoms with Crippen LogP contribution in [0.4, 0.5) is 0 Å². The molecule has 1 heterocycles. The lowest BCUT2D eigenvalue weighted by molar-refractivity contribution is 1.11. The fourth-order valence-electron chi connectivity index (χ4n) is 1.81. The van der Waals surface area contributed by atoms with Crippen molar-refractivity contribution in [1.82, 2.24) is 0 Å². The second kappa shape index (κ2) is 3.92. The molecule has 74 valence electrons. The summed E-state index contributed by atoms with van der Waals surface area (Å²) in [5.41, 5.74) is 2.71. The average molecular weight is 225 g/mol. The molecule has 2 aromatic rings. The summed E-state index contributed by atoms with van der Waals surface area (Å²) < 4.78 is 1.37. The van der Waals surface area contributed by atoms with E-state index in [-0.39, 0.29) is 0 Å². The maximum absolute atomic E-state index is 6.01. The Morgan fingerprint density at radius 3 is 2.79 bits per heavy atom. The minimum absolute atomic E-state index is 0.625. The van der Waals surface area contributed by atoms with Crippen LogP contribution in [0.25, 0.3) is 10.1 Å². The van der Waals surface area contributed by atoms with Crippen molar-refractivity contribution >= 4 is 33.0 Å². The third-order valence-electron chi connectivity index (χ3n) is 2.52. The molecule has 0 aliphatic carbocycles. The molecule has 14 heavy (non-hydrogen) atoms. The average Bonchev–Trinajstić information content (AvgIpc) is 2.56. The minimum Gasteiger partial charge on any atom is -0.140 e. The van der Waals surface area contributed by atoms with Gasteiger partial charge < -0.3 is 0 Å². The minimum atomic E-state index is 0.625. The smallest absolute Gasteiger partial charge is 0.0491 e. The molecule has 0 spiro atoms. The molecule has 0 saturated carbocycles. The van der Waals surface area contributed by atoms with Crippen molar-refractivity contribution in [2.24, 2.45) is 0 Å². The van der Waals surface area contributed by atoms with Crippen molar-refractivity contribution in [1.29, 1.82) is 0 Å². The monoisotopic (exact) mass is 224 g/mol. The highest BCUT2D eigenvalue weighted by molar-refractivity contribution is 7.19. The quantitative estimate of drug-likeness (QED) is 0.659. The molecule has 0 aliphatic heterocycles. The Kier molecular flexibility index (Phi) is 2.80. The Hall–Kier alpha value is -0.530. The Morgan fingerprint density at radius 1 is 1.36 bits per heavy atom. The zero-order valence-electron chi connectivity index (χ0n) is 8.43. The molecular weight excluding hydrogens is 212 g/mol. The van der Waals surface area contributed by atoms with Crippen LogP contribution in [-0.4, -0.2) is 0 Å². The van der Waals surface area contributed by atoms with E-state index in [0.717, 1.165) is 6.42 Å². The first kappa shape index (κ1) is 10.0. The molecule has 0 atom stereocenters. The Morgan fingerprint density at radius 2 is 2.14 bits per heavy atom. The SMILES string of the molecule is CCc1ccc2cc(C)sc2c1CCl. The number of benzene rings is 1. The highest BCUT2D eigenvalue weighted by Crippen LogP contribution is 2.31. The van der Waals surface area contributed by atoms with Gasteiger partial charge in [-0.25, -0.2) is 0 Å². The second-order valence-corrected chi connectivity index (χ2v) is 4.99. The molecule has 0 radical (unpaired) electrons. The summed E-state index contributed by atoms with van der Waals surface area (Å²) >= 11 is 7.85. The van der Waals surface area contributed by atoms with Gasteiger partial charge in [0.2, 0.25) is 0 Å². The maximum Gasteiger partial charge on any atom is 0.0491 e. The van der Waals surface area contributed by atoms with Crippen molar-refractivity contribution < 1.29 is 0 Å². The van der Waals surface area contributed by atoms with Crippen LogP contribution >= 0.6 is 22.9 Å². The number of rotatable bonds is 2. The lowest BCUT2D eigenvalue weighted by Gasteiger charge is -2.05. The molecule has 2 rings (SSSR count). The Labute approximate surface area is 93.5 Å². The van der Waals surface area contributed by atoms with E-state index in [9.17, 15) is 0 Å². The topological polar surface area (TPSA) is 0 Å². The first-order chi connectivity index (χ1) is 6.76. The van der Waals surface area contributed by atoms with E-state index in [1.54, 1.807) is 0 Å². The number of hydrogen-bond donors (Lipinski definition) is 0. The highest BCUT2D eigenvalue weighted by Gasteiger charge is 2.07. The van der Waals surface area contributed by atoms with Crippen molar-refractivity contribution in [3.05, 3.63) is 34.2 Å². The number of alkyl halides is 1. The largest absolute Gasteiger partial charge is 0.140 e. The van der Waals surface area contributed by atoms with E-state index >= 15 is 0 Å². The summed E-state index contributed by atoms with van der Waals surface area (Å²) in [5.74, 6) is 0.625. The van der Waals surface area contributed by atoms with Gasteiger partial charge in [0.15, 0.2) is 0 Å². The number of halogens is 1. The summed E-state index contributed by atoms with van der Waals surface area (Å²) in [6.07, 6.45) is 1.06. The number of hydrogen-bond acceptors (Lipinski definition) is 1. The number of aryl methyl sites for hydroxylation is 2. The van der Waals surface area contributed by atoms with Gasteiger partial charge in [0.1, 0.15) is 0 Å². The van der Waals surface area contributed by atoms with Crippen LogP contribution in [0, 0.1) is 6.92 Å². The molecule has 0 unspecified atom stereocenters. The van der Waals surface area contributed by atoms with Crippen LogP contribution in [0.3, 0.4) is 0 Å². The fraction of sp³-hybridized carbons (Fsp3) is 0.333. The lowest BCUT2D eigenvalue weighted by Crippen LogP contribution is -1.88. The van der Waals surface area contributed by atoms with Crippen molar-refractivity contribution in [2.75, 3.05) is 0 Å². The Bertz CT molecular complexity index is 457. The Balaban J connectivity index is 2.75. The normalized spacial score (nSPS) is 11.1. The van der Waals surface area contributed by atoms with Gasteiger partial charge >= 0.3 is 0 Å². The predicted octanol–water partition coefficient (Wildman–Crippen LogP) is 4.51. The summed E-state index contributed by atoms with van der Waals surface area (Å²) in [4.78, 5) is 1.36. The molecule has 0 fully saturated rings. The third kappa shape index (κ3) is 1.55. The first-order valence-electron chi connectivity index (χ1n) is 4.83. The summed E-state index contributed by atoms with van der Waals surface area (Å²) in [6.45, 7) is 4.33. The van der Waals surface area contributed by atoms with Gasteiger partial charge in [-0.1, -0.05) is 19.1 Å². The predicted molar refractivity (Wildman–Crippen MR) is 65.5 cm³/mol. The van der Waals surface area contributed by atoms with Crippen LogP contribution < -0.4 is 0 Å². The van der Waals surface area contributed by atoms with Gasteiger partial charge in [-0.15, -0.1) is 22.9 Å². The molecule has 2 heteroatoms. The van der Waals surface area contributed by atoms with E-state index in [4.69, 9.17) is 11.6 Å². The fourth-order valence-corrected chi connectivity index (χ4v) is 3.27. The van der Waals surface area contributed by atoms with Gasteiger partial charge in [-0.2, -0.15) is 0 Å². The van der Waals surface area contributed by atoms with Crippen LogP contribution in [-0.2, 0) is 12.3 Å². The molecular formula is C12H13ClS. The van der Waals surface area contributed by atoms with Crippen LogP contribution in [0.1, 0.15) is 22.9 Å². The molecule has 1 aromatic carbocycles. The molecule has 0 N–H and O–H groups in total. The van der Waals surface area contributed by atoms with Crippen LogP contribution in [0.2, 0.25) is 0 Å². The molecule has 0 aliphatic rings. The number of thiophene rings is 1. The molecule has 0 saturated heterocycles. The first-order valence-corrected chi connectivity index (χ1v) is 6.18. The van der Waals surface area contributed by atoms with E-state index < -0.39 is 0 Å². The molecule has 0 nitrogen and oxygen atoms in total. The van der Waals surface area contributed by atoms with Crippen LogP contribution in [0.5, 0.6) is 0 Å². The van der Waals surface area contributed by atoms with E-state index in [1.165, 1.54) is 26.1 Å². The van der Waals surface area contributed by atoms with Crippen LogP contribution in [0.15, 0.2) is 18.2 Å². The van der Waals surface area contributed by atoms with E-state index in [0.29, 0.717) is 5.88 Å². The van der Waals surface area contributed by atoms with E-state index in [1.807, 2.05) is 11.3 Å².